The van der Waals surface area contributed by atoms with Gasteiger partial charge in [-0.1, -0.05) is 6.07 Å². The molecule has 8 nitrogen and oxygen atoms in total. The Morgan fingerprint density at radius 2 is 1.73 bits per heavy atom. The lowest BCUT2D eigenvalue weighted by atomic mass is 10.2. The molecule has 1 aromatic rings. The summed E-state index contributed by atoms with van der Waals surface area (Å²) in [7, 11) is 0. The van der Waals surface area contributed by atoms with E-state index in [1.54, 1.807) is 13.8 Å². The first-order valence-corrected chi connectivity index (χ1v) is 6.66. The summed E-state index contributed by atoms with van der Waals surface area (Å²) < 4.78 is 14.8. The second kappa shape index (κ2) is 7.96. The number of rotatable bonds is 7. The van der Waals surface area contributed by atoms with Crippen LogP contribution >= 0.6 is 0 Å². The van der Waals surface area contributed by atoms with E-state index in [4.69, 9.17) is 14.2 Å². The summed E-state index contributed by atoms with van der Waals surface area (Å²) >= 11 is 0. The fourth-order valence-electron chi connectivity index (χ4n) is 1.68. The number of nitrogens with zero attached hydrogens (tertiary/aromatic N) is 1. The van der Waals surface area contributed by atoms with Gasteiger partial charge in [0, 0.05) is 6.07 Å². The van der Waals surface area contributed by atoms with E-state index in [1.165, 1.54) is 25.1 Å². The molecule has 0 saturated carbocycles. The van der Waals surface area contributed by atoms with E-state index in [9.17, 15) is 19.7 Å². The van der Waals surface area contributed by atoms with Crippen LogP contribution in [0, 0.1) is 17.0 Å². The van der Waals surface area contributed by atoms with E-state index < -0.39 is 23.0 Å². The third-order valence-electron chi connectivity index (χ3n) is 2.70. The molecular weight excluding hydrogens is 294 g/mol. The van der Waals surface area contributed by atoms with Gasteiger partial charge in [-0.15, -0.1) is 0 Å². The van der Waals surface area contributed by atoms with Crippen molar-refractivity contribution in [2.45, 2.75) is 26.9 Å². The first kappa shape index (κ1) is 17.4. The maximum Gasteiger partial charge on any atom is 0.359 e. The molecule has 0 aromatic heterocycles. The Kier molecular flexibility index (Phi) is 6.30. The average Bonchev–Trinajstić information content (AvgIpc) is 2.46. The smallest absolute Gasteiger partial charge is 0.359 e. The molecule has 0 aliphatic rings. The van der Waals surface area contributed by atoms with Gasteiger partial charge in [0.25, 0.3) is 11.8 Å². The molecule has 0 saturated heterocycles. The third kappa shape index (κ3) is 4.18. The molecule has 0 bridgehead atoms. The number of hydrogen-bond acceptors (Lipinski definition) is 7. The van der Waals surface area contributed by atoms with Crippen LogP contribution in [0.25, 0.3) is 0 Å². The number of benzene rings is 1. The van der Waals surface area contributed by atoms with Crippen LogP contribution in [-0.4, -0.2) is 36.2 Å². The van der Waals surface area contributed by atoms with Crippen LogP contribution in [0.2, 0.25) is 0 Å². The molecule has 0 unspecified atom stereocenters. The average molecular weight is 311 g/mol. The normalized spacial score (nSPS) is 10.2. The highest BCUT2D eigenvalue weighted by molar-refractivity contribution is 5.98. The maximum atomic E-state index is 11.8. The number of ether oxygens (including phenoxy) is 3. The van der Waals surface area contributed by atoms with Gasteiger partial charge in [0.15, 0.2) is 0 Å². The van der Waals surface area contributed by atoms with E-state index in [0.717, 1.165) is 0 Å². The van der Waals surface area contributed by atoms with Crippen LogP contribution in [0.5, 0.6) is 5.75 Å². The maximum absolute atomic E-state index is 11.8. The predicted octanol–water partition coefficient (Wildman–Crippen LogP) is 1.78. The number of carbonyl (C=O) groups is 2. The number of carbonyl (C=O) groups excluding carboxylic acids is 2. The Labute approximate surface area is 127 Å². The highest BCUT2D eigenvalue weighted by Crippen LogP contribution is 2.28. The molecule has 0 radical (unpaired) electrons. The van der Waals surface area contributed by atoms with Gasteiger partial charge in [-0.25, -0.2) is 9.59 Å². The van der Waals surface area contributed by atoms with Crippen molar-refractivity contribution in [3.05, 3.63) is 33.9 Å². The van der Waals surface area contributed by atoms with Crippen LogP contribution in [0.4, 0.5) is 5.69 Å². The summed E-state index contributed by atoms with van der Waals surface area (Å²) in [6, 6.07) is 4.12. The zero-order valence-electron chi connectivity index (χ0n) is 12.5. The molecule has 0 heterocycles. The fourth-order valence-corrected chi connectivity index (χ4v) is 1.68. The van der Waals surface area contributed by atoms with Crippen LogP contribution in [-0.2, 0) is 19.1 Å². The molecule has 8 heteroatoms. The van der Waals surface area contributed by atoms with Crippen molar-refractivity contribution in [3.8, 4) is 5.75 Å². The lowest BCUT2D eigenvalue weighted by molar-refractivity contribution is -0.385. The summed E-state index contributed by atoms with van der Waals surface area (Å²) in [6.07, 6.45) is -1.62. The summed E-state index contributed by atoms with van der Waals surface area (Å²) in [6.45, 7) is 4.75. The first-order valence-electron chi connectivity index (χ1n) is 6.66. The molecule has 0 N–H and O–H groups in total. The SMILES string of the molecule is CCOC(=O)C(Oc1cccc([N+](=O)[O-])c1C)C(=O)OCC. The number of nitro groups is 1. The molecule has 0 aliphatic heterocycles. The molecule has 120 valence electrons. The van der Waals surface area contributed by atoms with Crippen molar-refractivity contribution in [2.75, 3.05) is 13.2 Å². The Morgan fingerprint density at radius 1 is 1.18 bits per heavy atom. The number of nitro benzene ring substituents is 1. The summed E-state index contributed by atoms with van der Waals surface area (Å²) in [4.78, 5) is 33.9. The Morgan fingerprint density at radius 3 is 2.18 bits per heavy atom. The third-order valence-corrected chi connectivity index (χ3v) is 2.70. The van der Waals surface area contributed by atoms with E-state index in [1.807, 2.05) is 0 Å². The minimum absolute atomic E-state index is 0.0420. The molecular formula is C14H17NO7. The van der Waals surface area contributed by atoms with E-state index in [-0.39, 0.29) is 30.2 Å². The predicted molar refractivity (Wildman–Crippen MR) is 75.5 cm³/mol. The molecule has 0 aliphatic carbocycles. The monoisotopic (exact) mass is 311 g/mol. The zero-order chi connectivity index (χ0) is 16.7. The molecule has 0 amide bonds. The topological polar surface area (TPSA) is 105 Å². The number of hydrogen-bond donors (Lipinski definition) is 0. The summed E-state index contributed by atoms with van der Waals surface area (Å²) in [5.41, 5.74) is 0.0232. The van der Waals surface area contributed by atoms with Gasteiger partial charge in [-0.05, 0) is 26.8 Å². The highest BCUT2D eigenvalue weighted by Gasteiger charge is 2.33. The minimum atomic E-state index is -1.62. The highest BCUT2D eigenvalue weighted by atomic mass is 16.6. The quantitative estimate of drug-likeness (QED) is 0.327. The molecule has 0 fully saturated rings. The Bertz CT molecular complexity index is 552. The Hall–Kier alpha value is -2.64. The molecule has 1 rings (SSSR count). The van der Waals surface area contributed by atoms with Crippen LogP contribution < -0.4 is 4.74 Å². The van der Waals surface area contributed by atoms with Gasteiger partial charge >= 0.3 is 11.9 Å². The van der Waals surface area contributed by atoms with Crippen molar-refractivity contribution in [1.82, 2.24) is 0 Å². The lowest BCUT2D eigenvalue weighted by Gasteiger charge is -2.17. The standard InChI is InChI=1S/C14H17NO7/c1-4-20-13(16)12(14(17)21-5-2)22-11-8-6-7-10(9(11)3)15(18)19/h6-8,12H,4-5H2,1-3H3. The first-order chi connectivity index (χ1) is 10.4. The van der Waals surface area contributed by atoms with Gasteiger partial charge in [-0.3, -0.25) is 10.1 Å². The zero-order valence-corrected chi connectivity index (χ0v) is 12.5. The van der Waals surface area contributed by atoms with E-state index in [2.05, 4.69) is 0 Å². The summed E-state index contributed by atoms with van der Waals surface area (Å²) in [5.74, 6) is -1.78. The van der Waals surface area contributed by atoms with Crippen molar-refractivity contribution in [2.24, 2.45) is 0 Å². The second-order valence-electron chi connectivity index (χ2n) is 4.16. The fraction of sp³-hybridized carbons (Fsp3) is 0.429. The lowest BCUT2D eigenvalue weighted by Crippen LogP contribution is -2.38. The molecule has 1 aromatic carbocycles. The van der Waals surface area contributed by atoms with Crippen LogP contribution in [0.15, 0.2) is 18.2 Å². The second-order valence-corrected chi connectivity index (χ2v) is 4.16. The van der Waals surface area contributed by atoms with Gasteiger partial charge in [0.05, 0.1) is 23.7 Å². The number of esters is 2. The summed E-state index contributed by atoms with van der Waals surface area (Å²) in [5, 5.41) is 10.9. The minimum Gasteiger partial charge on any atom is -0.466 e. The van der Waals surface area contributed by atoms with Crippen molar-refractivity contribution >= 4 is 17.6 Å². The van der Waals surface area contributed by atoms with Crippen LogP contribution in [0.1, 0.15) is 19.4 Å². The van der Waals surface area contributed by atoms with E-state index in [0.29, 0.717) is 0 Å². The molecule has 0 atom stereocenters. The van der Waals surface area contributed by atoms with Gasteiger partial charge in [-0.2, -0.15) is 0 Å². The Balaban J connectivity index is 3.09. The van der Waals surface area contributed by atoms with Gasteiger partial charge < -0.3 is 14.2 Å². The van der Waals surface area contributed by atoms with Crippen molar-refractivity contribution < 1.29 is 28.7 Å². The molecule has 22 heavy (non-hydrogen) atoms. The largest absolute Gasteiger partial charge is 0.466 e. The van der Waals surface area contributed by atoms with Crippen LogP contribution in [0.3, 0.4) is 0 Å². The van der Waals surface area contributed by atoms with E-state index >= 15 is 0 Å². The molecule has 0 spiro atoms. The van der Waals surface area contributed by atoms with Gasteiger partial charge in [0.1, 0.15) is 5.75 Å². The van der Waals surface area contributed by atoms with Gasteiger partial charge in [0.2, 0.25) is 0 Å². The van der Waals surface area contributed by atoms with Crippen molar-refractivity contribution in [1.29, 1.82) is 0 Å². The van der Waals surface area contributed by atoms with Crippen molar-refractivity contribution in [3.63, 3.8) is 0 Å².